The van der Waals surface area contributed by atoms with Gasteiger partial charge in [-0.2, -0.15) is 0 Å². The van der Waals surface area contributed by atoms with Crippen LogP contribution in [0.2, 0.25) is 0 Å². The van der Waals surface area contributed by atoms with Crippen molar-refractivity contribution >= 4 is 29.5 Å². The van der Waals surface area contributed by atoms with Gasteiger partial charge in [0.05, 0.1) is 12.9 Å². The third kappa shape index (κ3) is 4.83. The molecular formula is C17H16FN5O2S2. The monoisotopic (exact) mass is 405 g/mol. The molecule has 10 heteroatoms. The molecule has 0 aliphatic carbocycles. The average Bonchev–Trinajstić information content (AvgIpc) is 3.09. The zero-order valence-corrected chi connectivity index (χ0v) is 16.2. The van der Waals surface area contributed by atoms with Gasteiger partial charge in [0, 0.05) is 18.1 Å². The highest BCUT2D eigenvalue weighted by atomic mass is 32.2. The molecule has 3 aromatic rings. The number of aromatic nitrogens is 5. The first kappa shape index (κ1) is 19.3. The van der Waals surface area contributed by atoms with Gasteiger partial charge in [0.15, 0.2) is 10.3 Å². The number of esters is 1. The number of rotatable bonds is 7. The van der Waals surface area contributed by atoms with E-state index in [4.69, 9.17) is 4.74 Å². The highest BCUT2D eigenvalue weighted by molar-refractivity contribution is 8.00. The van der Waals surface area contributed by atoms with Gasteiger partial charge in [0.1, 0.15) is 16.9 Å². The van der Waals surface area contributed by atoms with E-state index >= 15 is 0 Å². The maximum Gasteiger partial charge on any atom is 0.318 e. The first-order valence-corrected chi connectivity index (χ1v) is 9.79. The van der Waals surface area contributed by atoms with E-state index in [2.05, 4.69) is 20.2 Å². The molecule has 0 fully saturated rings. The van der Waals surface area contributed by atoms with Crippen LogP contribution in [0.15, 0.2) is 53.0 Å². The molecule has 0 spiro atoms. The first-order valence-electron chi connectivity index (χ1n) is 7.93. The number of thioether (sulfide) groups is 2. The van der Waals surface area contributed by atoms with Gasteiger partial charge in [-0.05, 0) is 37.3 Å². The van der Waals surface area contributed by atoms with E-state index in [1.165, 1.54) is 42.8 Å². The zero-order valence-electron chi connectivity index (χ0n) is 14.6. The molecule has 0 amide bonds. The van der Waals surface area contributed by atoms with Crippen molar-refractivity contribution in [1.29, 1.82) is 0 Å². The largest absolute Gasteiger partial charge is 0.468 e. The lowest BCUT2D eigenvalue weighted by atomic mass is 10.3. The predicted molar refractivity (Wildman–Crippen MR) is 100 cm³/mol. The first-order chi connectivity index (χ1) is 13.1. The fraction of sp³-hybridized carbons (Fsp3) is 0.235. The van der Waals surface area contributed by atoms with Gasteiger partial charge in [-0.15, -0.1) is 10.2 Å². The Labute approximate surface area is 163 Å². The van der Waals surface area contributed by atoms with Crippen LogP contribution in [0.1, 0.15) is 12.7 Å². The molecule has 140 valence electrons. The summed E-state index contributed by atoms with van der Waals surface area (Å²) in [5.74, 6) is 0.403. The predicted octanol–water partition coefficient (Wildman–Crippen LogP) is 3.14. The van der Waals surface area contributed by atoms with E-state index in [9.17, 15) is 9.18 Å². The molecule has 0 aliphatic heterocycles. The number of carbonyl (C=O) groups excluding carboxylic acids is 1. The van der Waals surface area contributed by atoms with Crippen molar-refractivity contribution in [3.05, 3.63) is 54.4 Å². The molecular weight excluding hydrogens is 389 g/mol. The van der Waals surface area contributed by atoms with Gasteiger partial charge in [-0.25, -0.2) is 14.4 Å². The van der Waals surface area contributed by atoms with Crippen molar-refractivity contribution in [2.75, 3.05) is 7.11 Å². The van der Waals surface area contributed by atoms with Crippen LogP contribution in [0, 0.1) is 5.82 Å². The number of hydrogen-bond donors (Lipinski definition) is 0. The second kappa shape index (κ2) is 8.96. The van der Waals surface area contributed by atoms with Crippen LogP contribution in [0.5, 0.6) is 0 Å². The lowest BCUT2D eigenvalue weighted by Crippen LogP contribution is -2.15. The Balaban J connectivity index is 1.90. The molecule has 7 nitrogen and oxygen atoms in total. The zero-order chi connectivity index (χ0) is 19.2. The maximum absolute atomic E-state index is 13.3. The molecule has 2 heterocycles. The van der Waals surface area contributed by atoms with Crippen molar-refractivity contribution in [3.8, 4) is 5.69 Å². The summed E-state index contributed by atoms with van der Waals surface area (Å²) in [7, 11) is 1.34. The van der Waals surface area contributed by atoms with Crippen LogP contribution >= 0.6 is 23.5 Å². The van der Waals surface area contributed by atoms with Crippen molar-refractivity contribution in [1.82, 2.24) is 24.7 Å². The van der Waals surface area contributed by atoms with Gasteiger partial charge >= 0.3 is 5.97 Å². The summed E-state index contributed by atoms with van der Waals surface area (Å²) >= 11 is 2.63. The van der Waals surface area contributed by atoms with Gasteiger partial charge in [-0.1, -0.05) is 23.5 Å². The maximum atomic E-state index is 13.3. The highest BCUT2D eigenvalue weighted by Gasteiger charge is 2.21. The van der Waals surface area contributed by atoms with E-state index in [-0.39, 0.29) is 11.8 Å². The molecule has 3 rings (SSSR count). The lowest BCUT2D eigenvalue weighted by Gasteiger charge is -2.12. The number of ether oxygens (including phenoxy) is 1. The van der Waals surface area contributed by atoms with Gasteiger partial charge < -0.3 is 4.74 Å². The number of carbonyl (C=O) groups is 1. The standard InChI is InChI=1S/C17H16FN5O2S2/c1-11(15(24)25-2)27-17-22-21-14(10-26-16-19-8-3-9-20-16)23(17)13-6-4-12(18)5-7-13/h3-9,11H,10H2,1-2H3. The molecule has 2 aromatic heterocycles. The smallest absolute Gasteiger partial charge is 0.318 e. The van der Waals surface area contributed by atoms with E-state index in [1.807, 2.05) is 0 Å². The Morgan fingerprint density at radius 3 is 2.59 bits per heavy atom. The Kier molecular flexibility index (Phi) is 6.40. The average molecular weight is 405 g/mol. The Morgan fingerprint density at radius 2 is 1.93 bits per heavy atom. The van der Waals surface area contributed by atoms with Crippen molar-refractivity contribution in [3.63, 3.8) is 0 Å². The lowest BCUT2D eigenvalue weighted by molar-refractivity contribution is -0.139. The number of nitrogens with zero attached hydrogens (tertiary/aromatic N) is 5. The summed E-state index contributed by atoms with van der Waals surface area (Å²) in [4.78, 5) is 20.1. The normalized spacial score (nSPS) is 12.0. The Morgan fingerprint density at radius 1 is 1.22 bits per heavy atom. The molecule has 0 saturated carbocycles. The van der Waals surface area contributed by atoms with Crippen LogP contribution in [0.4, 0.5) is 4.39 Å². The fourth-order valence-electron chi connectivity index (χ4n) is 2.18. The van der Waals surface area contributed by atoms with Crippen LogP contribution in [0.3, 0.4) is 0 Å². The molecule has 0 radical (unpaired) electrons. The third-order valence-corrected chi connectivity index (χ3v) is 5.37. The second-order valence-electron chi connectivity index (χ2n) is 5.31. The Hall–Kier alpha value is -2.46. The molecule has 0 aliphatic rings. The molecule has 27 heavy (non-hydrogen) atoms. The van der Waals surface area contributed by atoms with Crippen LogP contribution in [-0.2, 0) is 15.3 Å². The van der Waals surface area contributed by atoms with Gasteiger partial charge in [0.25, 0.3) is 0 Å². The fourth-order valence-corrected chi connectivity index (χ4v) is 3.81. The molecule has 1 atom stereocenters. The third-order valence-electron chi connectivity index (χ3n) is 3.47. The molecule has 1 aromatic carbocycles. The minimum Gasteiger partial charge on any atom is -0.468 e. The number of hydrogen-bond acceptors (Lipinski definition) is 8. The van der Waals surface area contributed by atoms with E-state index in [0.717, 1.165) is 0 Å². The molecule has 0 N–H and O–H groups in total. The summed E-state index contributed by atoms with van der Waals surface area (Å²) in [6, 6.07) is 7.75. The minimum absolute atomic E-state index is 0.336. The topological polar surface area (TPSA) is 82.8 Å². The highest BCUT2D eigenvalue weighted by Crippen LogP contribution is 2.28. The second-order valence-corrected chi connectivity index (χ2v) is 7.56. The summed E-state index contributed by atoms with van der Waals surface area (Å²) in [6.07, 6.45) is 3.33. The molecule has 1 unspecified atom stereocenters. The summed E-state index contributed by atoms with van der Waals surface area (Å²) in [6.45, 7) is 1.73. The van der Waals surface area contributed by atoms with Gasteiger partial charge in [-0.3, -0.25) is 9.36 Å². The van der Waals surface area contributed by atoms with Crippen LogP contribution in [-0.4, -0.2) is 43.1 Å². The molecule has 0 bridgehead atoms. The number of halogens is 1. The van der Waals surface area contributed by atoms with Crippen molar-refractivity contribution < 1.29 is 13.9 Å². The van der Waals surface area contributed by atoms with E-state index in [0.29, 0.717) is 27.6 Å². The van der Waals surface area contributed by atoms with E-state index in [1.54, 1.807) is 42.1 Å². The van der Waals surface area contributed by atoms with Crippen molar-refractivity contribution in [2.45, 2.75) is 28.2 Å². The van der Waals surface area contributed by atoms with E-state index < -0.39 is 5.25 Å². The van der Waals surface area contributed by atoms with Gasteiger partial charge in [0.2, 0.25) is 0 Å². The summed E-state index contributed by atoms with van der Waals surface area (Å²) in [5.41, 5.74) is 0.700. The number of methoxy groups -OCH3 is 1. The minimum atomic E-state index is -0.462. The SMILES string of the molecule is COC(=O)C(C)Sc1nnc(CSc2ncccn2)n1-c1ccc(F)cc1. The number of benzene rings is 1. The Bertz CT molecular complexity index is 905. The summed E-state index contributed by atoms with van der Waals surface area (Å²) < 4.78 is 19.9. The van der Waals surface area contributed by atoms with Crippen LogP contribution < -0.4 is 0 Å². The van der Waals surface area contributed by atoms with Crippen LogP contribution in [0.25, 0.3) is 5.69 Å². The summed E-state index contributed by atoms with van der Waals surface area (Å²) in [5, 5.41) is 9.11. The molecule has 0 saturated heterocycles. The quantitative estimate of drug-likeness (QED) is 0.337. The van der Waals surface area contributed by atoms with Crippen molar-refractivity contribution in [2.24, 2.45) is 0 Å².